The van der Waals surface area contributed by atoms with Gasteiger partial charge in [0.1, 0.15) is 0 Å². The Balaban J connectivity index is 2.03. The number of benzene rings is 1. The van der Waals surface area contributed by atoms with Crippen molar-refractivity contribution in [2.75, 3.05) is 40.4 Å². The van der Waals surface area contributed by atoms with E-state index in [1.807, 2.05) is 25.2 Å². The van der Waals surface area contributed by atoms with Crippen LogP contribution >= 0.6 is 23.2 Å². The molecule has 1 aromatic rings. The molecule has 6 heteroatoms. The number of aliphatic imine (C=N–C) groups is 1. The van der Waals surface area contributed by atoms with Crippen molar-refractivity contribution >= 4 is 29.2 Å². The van der Waals surface area contributed by atoms with Crippen LogP contribution in [0.25, 0.3) is 0 Å². The Morgan fingerprint density at radius 3 is 2.62 bits per heavy atom. The first-order valence-electron chi connectivity index (χ1n) is 8.28. The van der Waals surface area contributed by atoms with Crippen LogP contribution in [0.4, 0.5) is 0 Å². The molecule has 1 saturated heterocycles. The van der Waals surface area contributed by atoms with Crippen LogP contribution in [0.1, 0.15) is 25.8 Å². The normalized spacial score (nSPS) is 19.0. The van der Waals surface area contributed by atoms with Gasteiger partial charge in [-0.1, -0.05) is 43.1 Å². The van der Waals surface area contributed by atoms with Gasteiger partial charge in [-0.3, -0.25) is 4.99 Å². The number of likely N-dealkylation sites (tertiary alicyclic amines) is 1. The van der Waals surface area contributed by atoms with Crippen molar-refractivity contribution in [2.24, 2.45) is 10.9 Å². The average molecular weight is 372 g/mol. The van der Waals surface area contributed by atoms with Gasteiger partial charge in [0, 0.05) is 55.2 Å². The molecule has 0 bridgehead atoms. The number of hydrogen-bond acceptors (Lipinski definition) is 2. The summed E-state index contributed by atoms with van der Waals surface area (Å²) in [4.78, 5) is 6.72. The zero-order valence-electron chi connectivity index (χ0n) is 14.9. The molecule has 0 amide bonds. The molecule has 1 aromatic carbocycles. The minimum absolute atomic E-state index is 0.211. The molecule has 0 spiro atoms. The highest BCUT2D eigenvalue weighted by atomic mass is 35.5. The maximum absolute atomic E-state index is 6.38. The fourth-order valence-corrected chi connectivity index (χ4v) is 4.17. The van der Waals surface area contributed by atoms with Gasteiger partial charge in [-0.15, -0.1) is 0 Å². The number of guanidine groups is 1. The standard InChI is InChI=1S/C18H27Cl2N3O/c1-18(2,16-14(19)6-5-7-15(16)20)12-22-17(21-3)23-9-8-13(10-23)11-24-4/h5-7,13H,8-12H2,1-4H3,(H,21,22). The summed E-state index contributed by atoms with van der Waals surface area (Å²) >= 11 is 12.8. The molecule has 134 valence electrons. The zero-order valence-corrected chi connectivity index (χ0v) is 16.4. The van der Waals surface area contributed by atoms with E-state index in [-0.39, 0.29) is 5.41 Å². The Morgan fingerprint density at radius 2 is 2.04 bits per heavy atom. The van der Waals surface area contributed by atoms with Crippen molar-refractivity contribution in [3.8, 4) is 0 Å². The summed E-state index contributed by atoms with van der Waals surface area (Å²) in [6, 6.07) is 5.64. The van der Waals surface area contributed by atoms with Crippen molar-refractivity contribution in [1.82, 2.24) is 10.2 Å². The summed E-state index contributed by atoms with van der Waals surface area (Å²) < 4.78 is 5.27. The molecule has 24 heavy (non-hydrogen) atoms. The second kappa shape index (κ2) is 8.41. The summed E-state index contributed by atoms with van der Waals surface area (Å²) in [7, 11) is 3.58. The average Bonchev–Trinajstić information content (AvgIpc) is 2.96. The first kappa shape index (κ1) is 19.4. The van der Waals surface area contributed by atoms with Gasteiger partial charge < -0.3 is 15.0 Å². The highest BCUT2D eigenvalue weighted by Gasteiger charge is 2.29. The maximum Gasteiger partial charge on any atom is 0.193 e. The summed E-state index contributed by atoms with van der Waals surface area (Å²) in [5.41, 5.74) is 0.756. The van der Waals surface area contributed by atoms with E-state index in [1.54, 1.807) is 7.11 Å². The van der Waals surface area contributed by atoms with Gasteiger partial charge in [0.15, 0.2) is 5.96 Å². The van der Waals surface area contributed by atoms with Gasteiger partial charge in [-0.2, -0.15) is 0 Å². The zero-order chi connectivity index (χ0) is 17.7. The van der Waals surface area contributed by atoms with E-state index in [0.717, 1.165) is 37.6 Å². The molecule has 1 fully saturated rings. The lowest BCUT2D eigenvalue weighted by Crippen LogP contribution is -2.45. The molecular formula is C18H27Cl2N3O. The molecule has 1 heterocycles. The molecular weight excluding hydrogens is 345 g/mol. The molecule has 2 rings (SSSR count). The van der Waals surface area contributed by atoms with Gasteiger partial charge in [0.25, 0.3) is 0 Å². The fraction of sp³-hybridized carbons (Fsp3) is 0.611. The lowest BCUT2D eigenvalue weighted by Gasteiger charge is -2.30. The molecule has 1 aliphatic rings. The Hall–Kier alpha value is -0.970. The van der Waals surface area contributed by atoms with E-state index in [2.05, 4.69) is 29.1 Å². The van der Waals surface area contributed by atoms with E-state index in [1.165, 1.54) is 0 Å². The lowest BCUT2D eigenvalue weighted by atomic mass is 9.84. The predicted octanol–water partition coefficient (Wildman–Crippen LogP) is 3.81. The smallest absolute Gasteiger partial charge is 0.193 e. The second-order valence-electron chi connectivity index (χ2n) is 6.94. The predicted molar refractivity (Wildman–Crippen MR) is 102 cm³/mol. The number of methoxy groups -OCH3 is 1. The van der Waals surface area contributed by atoms with Crippen LogP contribution in [0.5, 0.6) is 0 Å². The fourth-order valence-electron chi connectivity index (χ4n) is 3.26. The Bertz CT molecular complexity index is 569. The van der Waals surface area contributed by atoms with Gasteiger partial charge in [-0.05, 0) is 24.1 Å². The van der Waals surface area contributed by atoms with Crippen LogP contribution in [0, 0.1) is 5.92 Å². The Labute approximate surface area is 155 Å². The number of nitrogens with zero attached hydrogens (tertiary/aromatic N) is 2. The van der Waals surface area contributed by atoms with Crippen LogP contribution in [-0.4, -0.2) is 51.3 Å². The van der Waals surface area contributed by atoms with E-state index in [0.29, 0.717) is 22.5 Å². The van der Waals surface area contributed by atoms with Gasteiger partial charge in [0.2, 0.25) is 0 Å². The monoisotopic (exact) mass is 371 g/mol. The van der Waals surface area contributed by atoms with Crippen LogP contribution in [0.3, 0.4) is 0 Å². The number of nitrogens with one attached hydrogen (secondary N) is 1. The summed E-state index contributed by atoms with van der Waals surface area (Å²) in [6.45, 7) is 7.75. The number of ether oxygens (including phenoxy) is 1. The molecule has 4 nitrogen and oxygen atoms in total. The van der Waals surface area contributed by atoms with Crippen LogP contribution < -0.4 is 5.32 Å². The van der Waals surface area contributed by atoms with Gasteiger partial charge >= 0.3 is 0 Å². The third-order valence-electron chi connectivity index (χ3n) is 4.53. The molecule has 1 aliphatic heterocycles. The molecule has 1 N–H and O–H groups in total. The second-order valence-corrected chi connectivity index (χ2v) is 7.75. The molecule has 0 radical (unpaired) electrons. The van der Waals surface area contributed by atoms with E-state index >= 15 is 0 Å². The van der Waals surface area contributed by atoms with Crippen molar-refractivity contribution in [3.63, 3.8) is 0 Å². The summed E-state index contributed by atoms with van der Waals surface area (Å²) in [5.74, 6) is 1.49. The lowest BCUT2D eigenvalue weighted by molar-refractivity contribution is 0.157. The first-order valence-corrected chi connectivity index (χ1v) is 9.03. The van der Waals surface area contributed by atoms with Crippen LogP contribution in [-0.2, 0) is 10.2 Å². The quantitative estimate of drug-likeness (QED) is 0.631. The maximum atomic E-state index is 6.38. The largest absolute Gasteiger partial charge is 0.384 e. The molecule has 0 aromatic heterocycles. The number of halogens is 2. The van der Waals surface area contributed by atoms with E-state index < -0.39 is 0 Å². The van der Waals surface area contributed by atoms with Crippen molar-refractivity contribution in [3.05, 3.63) is 33.8 Å². The SMILES string of the molecule is CN=C(NCC(C)(C)c1c(Cl)cccc1Cl)N1CCC(COC)C1. The molecule has 0 aliphatic carbocycles. The number of rotatable bonds is 5. The first-order chi connectivity index (χ1) is 11.4. The third kappa shape index (κ3) is 4.56. The van der Waals surface area contributed by atoms with Crippen molar-refractivity contribution in [2.45, 2.75) is 25.7 Å². The Kier molecular flexibility index (Phi) is 6.79. The van der Waals surface area contributed by atoms with Crippen LogP contribution in [0.2, 0.25) is 10.0 Å². The third-order valence-corrected chi connectivity index (χ3v) is 5.16. The summed E-state index contributed by atoms with van der Waals surface area (Å²) in [5, 5.41) is 4.88. The number of hydrogen-bond donors (Lipinski definition) is 1. The van der Waals surface area contributed by atoms with E-state index in [9.17, 15) is 0 Å². The van der Waals surface area contributed by atoms with Gasteiger partial charge in [-0.25, -0.2) is 0 Å². The minimum Gasteiger partial charge on any atom is -0.384 e. The molecule has 1 unspecified atom stereocenters. The molecule has 0 saturated carbocycles. The topological polar surface area (TPSA) is 36.9 Å². The highest BCUT2D eigenvalue weighted by molar-refractivity contribution is 6.36. The van der Waals surface area contributed by atoms with Crippen molar-refractivity contribution in [1.29, 1.82) is 0 Å². The van der Waals surface area contributed by atoms with E-state index in [4.69, 9.17) is 27.9 Å². The van der Waals surface area contributed by atoms with Gasteiger partial charge in [0.05, 0.1) is 6.61 Å². The Morgan fingerprint density at radius 1 is 1.38 bits per heavy atom. The van der Waals surface area contributed by atoms with Crippen LogP contribution in [0.15, 0.2) is 23.2 Å². The van der Waals surface area contributed by atoms with Crippen molar-refractivity contribution < 1.29 is 4.74 Å². The summed E-state index contributed by atoms with van der Waals surface area (Å²) in [6.07, 6.45) is 1.13. The molecule has 1 atom stereocenters. The minimum atomic E-state index is -0.211. The highest BCUT2D eigenvalue weighted by Crippen LogP contribution is 2.35.